The zero-order valence-electron chi connectivity index (χ0n) is 17.3. The number of para-hydroxylation sites is 2. The van der Waals surface area contributed by atoms with Gasteiger partial charge in [-0.25, -0.2) is 0 Å². The second-order valence-corrected chi connectivity index (χ2v) is 8.66. The van der Waals surface area contributed by atoms with E-state index in [1.54, 1.807) is 12.1 Å². The molecule has 2 atom stereocenters. The van der Waals surface area contributed by atoms with Gasteiger partial charge in [0.2, 0.25) is 0 Å². The third-order valence-corrected chi connectivity index (χ3v) is 6.74. The Labute approximate surface area is 188 Å². The fourth-order valence-corrected chi connectivity index (χ4v) is 5.32. The quantitative estimate of drug-likeness (QED) is 0.326. The molecule has 31 heavy (non-hydrogen) atoms. The van der Waals surface area contributed by atoms with Crippen LogP contribution in [-0.4, -0.2) is 21.7 Å². The van der Waals surface area contributed by atoms with E-state index in [1.807, 2.05) is 84.6 Å². The van der Waals surface area contributed by atoms with Crippen LogP contribution in [0, 0.1) is 0 Å². The van der Waals surface area contributed by atoms with Crippen LogP contribution in [-0.2, 0) is 0 Å². The lowest BCUT2D eigenvalue weighted by atomic mass is 9.92. The molecule has 2 N–H and O–H groups in total. The Balaban J connectivity index is 1.59. The highest BCUT2D eigenvalue weighted by Crippen LogP contribution is 2.38. The zero-order valence-corrected chi connectivity index (χ0v) is 18.1. The molecule has 0 heterocycles. The SMILES string of the molecule is Oc1ccccc1C(CSCC(c1ccccc1)c1ccccc1O)c1ccccc1. The number of phenols is 2. The number of hydrogen-bond acceptors (Lipinski definition) is 3. The summed E-state index contributed by atoms with van der Waals surface area (Å²) in [5.41, 5.74) is 4.27. The predicted octanol–water partition coefficient (Wildman–Crippen LogP) is 6.80. The molecule has 0 radical (unpaired) electrons. The molecule has 0 bridgehead atoms. The van der Waals surface area contributed by atoms with Gasteiger partial charge in [0.1, 0.15) is 11.5 Å². The summed E-state index contributed by atoms with van der Waals surface area (Å²) in [6, 6.07) is 35.9. The molecule has 3 heteroatoms. The van der Waals surface area contributed by atoms with Gasteiger partial charge in [-0.1, -0.05) is 97.1 Å². The lowest BCUT2D eigenvalue weighted by Gasteiger charge is -2.22. The van der Waals surface area contributed by atoms with Crippen LogP contribution in [0.25, 0.3) is 0 Å². The average molecular weight is 427 g/mol. The molecule has 156 valence electrons. The van der Waals surface area contributed by atoms with E-state index in [2.05, 4.69) is 24.3 Å². The second-order valence-electron chi connectivity index (χ2n) is 7.58. The third kappa shape index (κ3) is 5.12. The van der Waals surface area contributed by atoms with E-state index < -0.39 is 0 Å². The van der Waals surface area contributed by atoms with Crippen molar-refractivity contribution < 1.29 is 10.2 Å². The molecule has 4 aromatic carbocycles. The lowest BCUT2D eigenvalue weighted by molar-refractivity contribution is 0.466. The minimum Gasteiger partial charge on any atom is -0.508 e. The highest BCUT2D eigenvalue weighted by Gasteiger charge is 2.21. The highest BCUT2D eigenvalue weighted by atomic mass is 32.2. The van der Waals surface area contributed by atoms with Crippen molar-refractivity contribution in [1.29, 1.82) is 0 Å². The maximum atomic E-state index is 10.5. The van der Waals surface area contributed by atoms with E-state index >= 15 is 0 Å². The van der Waals surface area contributed by atoms with Crippen molar-refractivity contribution in [3.05, 3.63) is 131 Å². The molecule has 0 fully saturated rings. The van der Waals surface area contributed by atoms with Crippen LogP contribution in [0.2, 0.25) is 0 Å². The predicted molar refractivity (Wildman–Crippen MR) is 130 cm³/mol. The average Bonchev–Trinajstić information content (AvgIpc) is 2.82. The summed E-state index contributed by atoms with van der Waals surface area (Å²) in [6.07, 6.45) is 0. The minimum absolute atomic E-state index is 0.0909. The second kappa shape index (κ2) is 10.2. The summed E-state index contributed by atoms with van der Waals surface area (Å²) in [4.78, 5) is 0. The number of benzene rings is 4. The molecule has 0 saturated heterocycles. The van der Waals surface area contributed by atoms with Gasteiger partial charge in [-0.05, 0) is 23.3 Å². The topological polar surface area (TPSA) is 40.5 Å². The first-order chi connectivity index (χ1) is 15.2. The fourth-order valence-electron chi connectivity index (χ4n) is 3.97. The van der Waals surface area contributed by atoms with Crippen molar-refractivity contribution >= 4 is 11.8 Å². The Morgan fingerprint density at radius 1 is 0.484 bits per heavy atom. The molecule has 0 aliphatic carbocycles. The molecule has 2 nitrogen and oxygen atoms in total. The molecule has 4 rings (SSSR count). The molecule has 0 saturated carbocycles. The van der Waals surface area contributed by atoms with Crippen LogP contribution < -0.4 is 0 Å². The monoisotopic (exact) mass is 426 g/mol. The van der Waals surface area contributed by atoms with Gasteiger partial charge in [-0.15, -0.1) is 0 Å². The van der Waals surface area contributed by atoms with E-state index in [1.165, 1.54) is 11.1 Å². The zero-order chi connectivity index (χ0) is 21.5. The first kappa shape index (κ1) is 21.1. The number of rotatable bonds is 8. The highest BCUT2D eigenvalue weighted by molar-refractivity contribution is 7.99. The van der Waals surface area contributed by atoms with Crippen molar-refractivity contribution in [2.24, 2.45) is 0 Å². The molecular weight excluding hydrogens is 400 g/mol. The Morgan fingerprint density at radius 2 is 0.839 bits per heavy atom. The fraction of sp³-hybridized carbons (Fsp3) is 0.143. The Kier molecular flexibility index (Phi) is 6.96. The van der Waals surface area contributed by atoms with E-state index in [0.717, 1.165) is 22.6 Å². The number of aromatic hydroxyl groups is 2. The van der Waals surface area contributed by atoms with Crippen molar-refractivity contribution in [1.82, 2.24) is 0 Å². The van der Waals surface area contributed by atoms with Crippen LogP contribution >= 0.6 is 11.8 Å². The summed E-state index contributed by atoms with van der Waals surface area (Å²) in [5.74, 6) is 2.51. The van der Waals surface area contributed by atoms with E-state index in [9.17, 15) is 10.2 Å². The Bertz CT molecular complexity index is 1010. The van der Waals surface area contributed by atoms with Gasteiger partial charge < -0.3 is 10.2 Å². The first-order valence-electron chi connectivity index (χ1n) is 10.5. The van der Waals surface area contributed by atoms with Gasteiger partial charge in [-0.3, -0.25) is 0 Å². The van der Waals surface area contributed by atoms with Crippen molar-refractivity contribution in [2.75, 3.05) is 11.5 Å². The van der Waals surface area contributed by atoms with Gasteiger partial charge in [0.05, 0.1) is 0 Å². The maximum absolute atomic E-state index is 10.5. The largest absolute Gasteiger partial charge is 0.508 e. The molecule has 2 unspecified atom stereocenters. The van der Waals surface area contributed by atoms with Crippen molar-refractivity contribution in [3.8, 4) is 11.5 Å². The standard InChI is InChI=1S/C28H26O2S/c29-27-17-9-7-15-23(27)25(21-11-3-1-4-12-21)19-31-20-26(22-13-5-2-6-14-22)24-16-8-10-18-28(24)30/h1-18,25-26,29-30H,19-20H2. The van der Waals surface area contributed by atoms with Crippen LogP contribution in [0.5, 0.6) is 11.5 Å². The summed E-state index contributed by atoms with van der Waals surface area (Å²) >= 11 is 1.84. The van der Waals surface area contributed by atoms with Crippen LogP contribution in [0.3, 0.4) is 0 Å². The molecule has 4 aromatic rings. The minimum atomic E-state index is 0.0909. The van der Waals surface area contributed by atoms with E-state index in [4.69, 9.17) is 0 Å². The number of hydrogen-bond donors (Lipinski definition) is 2. The molecule has 0 aromatic heterocycles. The van der Waals surface area contributed by atoms with Crippen LogP contribution in [0.4, 0.5) is 0 Å². The Morgan fingerprint density at radius 3 is 1.23 bits per heavy atom. The van der Waals surface area contributed by atoms with Crippen molar-refractivity contribution in [3.63, 3.8) is 0 Å². The van der Waals surface area contributed by atoms with Gasteiger partial charge >= 0.3 is 0 Å². The third-order valence-electron chi connectivity index (χ3n) is 5.60. The normalized spacial score (nSPS) is 12.9. The van der Waals surface area contributed by atoms with Crippen LogP contribution in [0.15, 0.2) is 109 Å². The van der Waals surface area contributed by atoms with Gasteiger partial charge in [0, 0.05) is 34.5 Å². The van der Waals surface area contributed by atoms with E-state index in [0.29, 0.717) is 11.5 Å². The first-order valence-corrected chi connectivity index (χ1v) is 11.6. The maximum Gasteiger partial charge on any atom is 0.119 e. The summed E-state index contributed by atoms with van der Waals surface area (Å²) < 4.78 is 0. The van der Waals surface area contributed by atoms with E-state index in [-0.39, 0.29) is 11.8 Å². The smallest absolute Gasteiger partial charge is 0.119 e. The number of thioether (sulfide) groups is 1. The summed E-state index contributed by atoms with van der Waals surface area (Å²) in [5, 5.41) is 21.0. The molecule has 0 aliphatic heterocycles. The molecule has 0 aliphatic rings. The van der Waals surface area contributed by atoms with Gasteiger partial charge in [0.15, 0.2) is 0 Å². The van der Waals surface area contributed by atoms with Crippen molar-refractivity contribution in [2.45, 2.75) is 11.8 Å². The van der Waals surface area contributed by atoms with Gasteiger partial charge in [0.25, 0.3) is 0 Å². The lowest BCUT2D eigenvalue weighted by Crippen LogP contribution is -2.09. The summed E-state index contributed by atoms with van der Waals surface area (Å²) in [6.45, 7) is 0. The molecular formula is C28H26O2S. The molecule has 0 spiro atoms. The summed E-state index contributed by atoms with van der Waals surface area (Å²) in [7, 11) is 0. The van der Waals surface area contributed by atoms with Crippen LogP contribution in [0.1, 0.15) is 34.1 Å². The van der Waals surface area contributed by atoms with Gasteiger partial charge in [-0.2, -0.15) is 11.8 Å². The number of phenolic OH excluding ortho intramolecular Hbond substituents is 2. The molecule has 0 amide bonds. The Hall–Kier alpha value is -3.17.